The Labute approximate surface area is 101 Å². The van der Waals surface area contributed by atoms with E-state index in [4.69, 9.17) is 4.42 Å². The van der Waals surface area contributed by atoms with Gasteiger partial charge in [-0.1, -0.05) is 18.2 Å². The molecule has 0 bridgehead atoms. The summed E-state index contributed by atoms with van der Waals surface area (Å²) in [6, 6.07) is 9.50. The Kier molecular flexibility index (Phi) is 3.22. The molecule has 0 atom stereocenters. The molecular formula is C12H15NO3S. The van der Waals surface area contributed by atoms with Crippen LogP contribution in [0.15, 0.2) is 34.7 Å². The molecule has 5 heteroatoms. The fourth-order valence-electron chi connectivity index (χ4n) is 1.65. The van der Waals surface area contributed by atoms with E-state index in [0.717, 1.165) is 11.0 Å². The van der Waals surface area contributed by atoms with E-state index >= 15 is 0 Å². The molecule has 92 valence electrons. The number of hydrogen-bond donors (Lipinski definition) is 0. The number of furan rings is 1. The second kappa shape index (κ2) is 4.50. The quantitative estimate of drug-likeness (QED) is 0.839. The Morgan fingerprint density at radius 3 is 2.65 bits per heavy atom. The lowest BCUT2D eigenvalue weighted by Gasteiger charge is -2.13. The zero-order chi connectivity index (χ0) is 12.5. The number of fused-ring (bicyclic) bond motifs is 1. The fourth-order valence-corrected chi connectivity index (χ4v) is 2.42. The van der Waals surface area contributed by atoms with E-state index in [1.807, 2.05) is 30.3 Å². The Balaban J connectivity index is 2.24. The molecule has 1 aromatic carbocycles. The molecule has 0 fully saturated rings. The van der Waals surface area contributed by atoms with Gasteiger partial charge in [-0.05, 0) is 19.1 Å². The molecule has 1 heterocycles. The van der Waals surface area contributed by atoms with Crippen molar-refractivity contribution in [3.05, 3.63) is 36.1 Å². The fraction of sp³-hybridized carbons (Fsp3) is 0.333. The summed E-state index contributed by atoms with van der Waals surface area (Å²) in [7, 11) is -1.60. The molecule has 2 rings (SSSR count). The van der Waals surface area contributed by atoms with Crippen molar-refractivity contribution in [2.75, 3.05) is 12.8 Å². The Hall–Kier alpha value is -1.33. The second-order valence-corrected chi connectivity index (χ2v) is 6.27. The molecule has 0 aliphatic heterocycles. The number of rotatable bonds is 4. The van der Waals surface area contributed by atoms with E-state index < -0.39 is 10.0 Å². The zero-order valence-electron chi connectivity index (χ0n) is 9.88. The summed E-state index contributed by atoms with van der Waals surface area (Å²) in [5.41, 5.74) is 0.782. The van der Waals surface area contributed by atoms with Crippen LogP contribution in [0.3, 0.4) is 0 Å². The largest absolute Gasteiger partial charge is 0.460 e. The molecule has 0 spiro atoms. The summed E-state index contributed by atoms with van der Waals surface area (Å²) < 4.78 is 30.1. The molecule has 0 aliphatic carbocycles. The van der Waals surface area contributed by atoms with Crippen molar-refractivity contribution in [1.82, 2.24) is 4.31 Å². The van der Waals surface area contributed by atoms with Gasteiger partial charge in [0.1, 0.15) is 11.3 Å². The lowest BCUT2D eigenvalue weighted by molar-refractivity contribution is 0.418. The number of hydrogen-bond acceptors (Lipinski definition) is 3. The first-order chi connectivity index (χ1) is 8.03. The monoisotopic (exact) mass is 253 g/mol. The zero-order valence-corrected chi connectivity index (χ0v) is 10.7. The van der Waals surface area contributed by atoms with Crippen LogP contribution >= 0.6 is 0 Å². The van der Waals surface area contributed by atoms with Gasteiger partial charge in [0, 0.05) is 12.4 Å². The standard InChI is InChI=1S/C12H15NO3S/c1-3-17(14,15)13(2)9-11-8-10-6-4-5-7-12(10)16-11/h4-8H,3,9H2,1-2H3. The Morgan fingerprint density at radius 1 is 1.29 bits per heavy atom. The van der Waals surface area contributed by atoms with E-state index in [9.17, 15) is 8.42 Å². The molecule has 17 heavy (non-hydrogen) atoms. The first kappa shape index (κ1) is 12.1. The third kappa shape index (κ3) is 2.50. The summed E-state index contributed by atoms with van der Waals surface area (Å²) >= 11 is 0. The second-order valence-electron chi connectivity index (χ2n) is 3.91. The highest BCUT2D eigenvalue weighted by Gasteiger charge is 2.17. The van der Waals surface area contributed by atoms with Crippen molar-refractivity contribution >= 4 is 21.0 Å². The van der Waals surface area contributed by atoms with Crippen molar-refractivity contribution in [2.45, 2.75) is 13.5 Å². The average molecular weight is 253 g/mol. The molecule has 0 unspecified atom stereocenters. The van der Waals surface area contributed by atoms with Crippen LogP contribution in [0.1, 0.15) is 12.7 Å². The molecule has 0 radical (unpaired) electrons. The van der Waals surface area contributed by atoms with Crippen LogP contribution in [0, 0.1) is 0 Å². The SMILES string of the molecule is CCS(=O)(=O)N(C)Cc1cc2ccccc2o1. The maximum Gasteiger partial charge on any atom is 0.213 e. The third-order valence-electron chi connectivity index (χ3n) is 2.69. The smallest absolute Gasteiger partial charge is 0.213 e. The van der Waals surface area contributed by atoms with E-state index in [1.54, 1.807) is 14.0 Å². The summed E-state index contributed by atoms with van der Waals surface area (Å²) in [6.07, 6.45) is 0. The molecule has 0 amide bonds. The van der Waals surface area contributed by atoms with Gasteiger partial charge in [-0.15, -0.1) is 0 Å². The molecule has 4 nitrogen and oxygen atoms in total. The lowest BCUT2D eigenvalue weighted by Crippen LogP contribution is -2.27. The average Bonchev–Trinajstić information content (AvgIpc) is 2.70. The van der Waals surface area contributed by atoms with Crippen molar-refractivity contribution < 1.29 is 12.8 Å². The number of benzene rings is 1. The van der Waals surface area contributed by atoms with Gasteiger partial charge >= 0.3 is 0 Å². The predicted octanol–water partition coefficient (Wildman–Crippen LogP) is 2.21. The van der Waals surface area contributed by atoms with E-state index in [2.05, 4.69) is 0 Å². The summed E-state index contributed by atoms with van der Waals surface area (Å²) in [5.74, 6) is 0.759. The number of para-hydroxylation sites is 1. The van der Waals surface area contributed by atoms with Gasteiger partial charge in [0.05, 0.1) is 12.3 Å². The van der Waals surface area contributed by atoms with Crippen molar-refractivity contribution in [3.8, 4) is 0 Å². The maximum absolute atomic E-state index is 11.6. The van der Waals surface area contributed by atoms with E-state index in [1.165, 1.54) is 4.31 Å². The van der Waals surface area contributed by atoms with Gasteiger partial charge < -0.3 is 4.42 Å². The highest BCUT2D eigenvalue weighted by Crippen LogP contribution is 2.20. The lowest BCUT2D eigenvalue weighted by atomic mass is 10.2. The third-order valence-corrected chi connectivity index (χ3v) is 4.50. The Morgan fingerprint density at radius 2 is 2.00 bits per heavy atom. The predicted molar refractivity (Wildman–Crippen MR) is 67.1 cm³/mol. The van der Waals surface area contributed by atoms with Crippen molar-refractivity contribution in [3.63, 3.8) is 0 Å². The summed E-state index contributed by atoms with van der Waals surface area (Å²) in [5, 5.41) is 0.991. The topological polar surface area (TPSA) is 50.5 Å². The van der Waals surface area contributed by atoms with Crippen LogP contribution in [-0.2, 0) is 16.6 Å². The van der Waals surface area contributed by atoms with Crippen LogP contribution in [0.2, 0.25) is 0 Å². The number of sulfonamides is 1. The molecule has 1 aromatic heterocycles. The van der Waals surface area contributed by atoms with Crippen LogP contribution in [-0.4, -0.2) is 25.5 Å². The van der Waals surface area contributed by atoms with Gasteiger partial charge in [-0.3, -0.25) is 0 Å². The van der Waals surface area contributed by atoms with Gasteiger partial charge in [0.25, 0.3) is 0 Å². The van der Waals surface area contributed by atoms with Crippen LogP contribution in [0.4, 0.5) is 0 Å². The summed E-state index contributed by atoms with van der Waals surface area (Å²) in [4.78, 5) is 0. The van der Waals surface area contributed by atoms with Gasteiger partial charge in [0.15, 0.2) is 0 Å². The normalized spacial score (nSPS) is 12.4. The van der Waals surface area contributed by atoms with Crippen LogP contribution in [0.25, 0.3) is 11.0 Å². The van der Waals surface area contributed by atoms with Crippen LogP contribution in [0.5, 0.6) is 0 Å². The van der Waals surface area contributed by atoms with E-state index in [-0.39, 0.29) is 12.3 Å². The molecular weight excluding hydrogens is 238 g/mol. The first-order valence-corrected chi connectivity index (χ1v) is 7.05. The van der Waals surface area contributed by atoms with E-state index in [0.29, 0.717) is 5.76 Å². The van der Waals surface area contributed by atoms with Crippen molar-refractivity contribution in [2.24, 2.45) is 0 Å². The molecule has 0 saturated carbocycles. The van der Waals surface area contributed by atoms with Gasteiger partial charge in [-0.2, -0.15) is 4.31 Å². The van der Waals surface area contributed by atoms with Crippen LogP contribution < -0.4 is 0 Å². The highest BCUT2D eigenvalue weighted by atomic mass is 32.2. The minimum atomic E-state index is -3.16. The maximum atomic E-state index is 11.6. The minimum Gasteiger partial charge on any atom is -0.460 e. The first-order valence-electron chi connectivity index (χ1n) is 5.44. The molecule has 0 aliphatic rings. The Bertz CT molecular complexity index is 582. The molecule has 0 N–H and O–H groups in total. The van der Waals surface area contributed by atoms with Gasteiger partial charge in [0.2, 0.25) is 10.0 Å². The molecule has 0 saturated heterocycles. The summed E-state index contributed by atoms with van der Waals surface area (Å²) in [6.45, 7) is 1.90. The minimum absolute atomic E-state index is 0.101. The van der Waals surface area contributed by atoms with Gasteiger partial charge in [-0.25, -0.2) is 8.42 Å². The molecule has 2 aromatic rings. The highest BCUT2D eigenvalue weighted by molar-refractivity contribution is 7.89. The number of nitrogens with zero attached hydrogens (tertiary/aromatic N) is 1. The van der Waals surface area contributed by atoms with Crippen molar-refractivity contribution in [1.29, 1.82) is 0 Å².